The molecule has 3 heterocycles. The first-order valence-electron chi connectivity index (χ1n) is 20.6. The minimum absolute atomic E-state index is 0.00343. The fraction of sp³-hybridized carbons (Fsp3) is 0.385. The van der Waals surface area contributed by atoms with Crippen molar-refractivity contribution in [3.63, 3.8) is 0 Å². The number of thiophene rings is 1. The first-order valence-corrected chi connectivity index (χ1v) is 21.5. The van der Waals surface area contributed by atoms with Crippen molar-refractivity contribution in [3.8, 4) is 0 Å². The number of fused-ring (bicyclic) bond motifs is 6. The van der Waals surface area contributed by atoms with Crippen molar-refractivity contribution in [2.45, 2.75) is 131 Å². The Kier molecular flexibility index (Phi) is 8.69. The van der Waals surface area contributed by atoms with Crippen molar-refractivity contribution in [3.05, 3.63) is 125 Å². The quantitative estimate of drug-likeness (QED) is 0.162. The molecular weight excluding hydrogens is 695 g/mol. The minimum Gasteiger partial charge on any atom is -0.311 e. The number of hydrogen-bond acceptors (Lipinski definition) is 3. The molecule has 0 unspecified atom stereocenters. The van der Waals surface area contributed by atoms with E-state index in [4.69, 9.17) is 0 Å². The summed E-state index contributed by atoms with van der Waals surface area (Å²) in [6.45, 7) is 35.1. The Morgan fingerprint density at radius 1 is 0.446 bits per heavy atom. The molecular formula is C52H61BN2S. The van der Waals surface area contributed by atoms with Crippen molar-refractivity contribution in [2.24, 2.45) is 0 Å². The first-order chi connectivity index (χ1) is 25.9. The Morgan fingerprint density at radius 2 is 0.929 bits per heavy atom. The van der Waals surface area contributed by atoms with Crippen LogP contribution in [0.1, 0.15) is 132 Å². The molecule has 4 heteroatoms. The maximum atomic E-state index is 2.64. The number of rotatable bonds is 2. The standard InChI is InChI=1S/C52H61BN2S/c1-48(2,3)32-19-24-36(25-20-32)54-41-28-23-34(50(7,8)9)29-40(41)53-44-42(54)30-35(51(10,11)12)31-43(44)55(37-26-21-33(22-27-37)49(4,5)6)45-38-17-16-18-39(52(13,14)15)46(38)56-47(45)53/h16-31H,1-15H3. The highest BCUT2D eigenvalue weighted by Crippen LogP contribution is 2.51. The summed E-state index contributed by atoms with van der Waals surface area (Å²) in [5.74, 6) is 0. The molecule has 6 aromatic rings. The molecule has 0 N–H and O–H groups in total. The van der Waals surface area contributed by atoms with Crippen LogP contribution in [0, 0.1) is 0 Å². The lowest BCUT2D eigenvalue weighted by atomic mass is 9.36. The molecule has 0 aliphatic carbocycles. The van der Waals surface area contributed by atoms with E-state index in [2.05, 4.69) is 211 Å². The summed E-state index contributed by atoms with van der Waals surface area (Å²) < 4.78 is 2.84. The number of hydrogen-bond donors (Lipinski definition) is 0. The van der Waals surface area contributed by atoms with Crippen molar-refractivity contribution in [2.75, 3.05) is 9.80 Å². The third kappa shape index (κ3) is 6.32. The third-order valence-electron chi connectivity index (χ3n) is 12.2. The molecule has 0 amide bonds. The Hall–Kier alpha value is -4.28. The van der Waals surface area contributed by atoms with Gasteiger partial charge in [0.05, 0.1) is 5.69 Å². The van der Waals surface area contributed by atoms with Crippen LogP contribution in [-0.2, 0) is 27.1 Å². The molecule has 2 nitrogen and oxygen atoms in total. The molecule has 8 rings (SSSR count). The number of anilines is 6. The molecule has 1 aromatic heterocycles. The molecule has 0 bridgehead atoms. The molecule has 5 aromatic carbocycles. The average Bonchev–Trinajstić information content (AvgIpc) is 3.48. The van der Waals surface area contributed by atoms with Crippen LogP contribution in [0.15, 0.2) is 97.1 Å². The lowest BCUT2D eigenvalue weighted by Gasteiger charge is -2.44. The highest BCUT2D eigenvalue weighted by Gasteiger charge is 2.46. The van der Waals surface area contributed by atoms with E-state index >= 15 is 0 Å². The second-order valence-corrected chi connectivity index (χ2v) is 22.7. The zero-order valence-corrected chi connectivity index (χ0v) is 37.4. The van der Waals surface area contributed by atoms with E-state index in [1.165, 1.54) is 87.7 Å². The predicted octanol–water partition coefficient (Wildman–Crippen LogP) is 13.5. The molecule has 2 aliphatic heterocycles. The maximum absolute atomic E-state index is 2.64. The van der Waals surface area contributed by atoms with Gasteiger partial charge in [0.15, 0.2) is 0 Å². The fourth-order valence-electron chi connectivity index (χ4n) is 8.76. The molecule has 56 heavy (non-hydrogen) atoms. The predicted molar refractivity (Wildman–Crippen MR) is 249 cm³/mol. The molecule has 0 radical (unpaired) electrons. The van der Waals surface area contributed by atoms with E-state index < -0.39 is 0 Å². The van der Waals surface area contributed by atoms with Gasteiger partial charge in [-0.05, 0) is 108 Å². The molecule has 0 atom stereocenters. The smallest absolute Gasteiger partial charge is 0.264 e. The van der Waals surface area contributed by atoms with Gasteiger partial charge in [-0.15, -0.1) is 11.3 Å². The van der Waals surface area contributed by atoms with Crippen LogP contribution >= 0.6 is 11.3 Å². The molecule has 2 aliphatic rings. The summed E-state index contributed by atoms with van der Waals surface area (Å²) in [7, 11) is 0. The monoisotopic (exact) mass is 756 g/mol. The minimum atomic E-state index is -0.0721. The summed E-state index contributed by atoms with van der Waals surface area (Å²) in [6.07, 6.45) is 0. The summed E-state index contributed by atoms with van der Waals surface area (Å²) in [4.78, 5) is 5.22. The zero-order valence-electron chi connectivity index (χ0n) is 36.6. The summed E-state index contributed by atoms with van der Waals surface area (Å²) in [5.41, 5.74) is 17.3. The van der Waals surface area contributed by atoms with Gasteiger partial charge in [0.2, 0.25) is 0 Å². The summed E-state index contributed by atoms with van der Waals surface area (Å²) >= 11 is 2.03. The van der Waals surface area contributed by atoms with E-state index in [1.807, 2.05) is 11.3 Å². The van der Waals surface area contributed by atoms with E-state index in [0.29, 0.717) is 0 Å². The third-order valence-corrected chi connectivity index (χ3v) is 13.5. The average molecular weight is 757 g/mol. The van der Waals surface area contributed by atoms with E-state index in [1.54, 1.807) is 0 Å². The van der Waals surface area contributed by atoms with Crippen LogP contribution in [0.3, 0.4) is 0 Å². The lowest BCUT2D eigenvalue weighted by Crippen LogP contribution is -2.60. The van der Waals surface area contributed by atoms with Gasteiger partial charge < -0.3 is 9.80 Å². The largest absolute Gasteiger partial charge is 0.311 e. The van der Waals surface area contributed by atoms with Crippen LogP contribution < -0.4 is 25.5 Å². The van der Waals surface area contributed by atoms with Crippen molar-refractivity contribution >= 4 is 78.0 Å². The van der Waals surface area contributed by atoms with Gasteiger partial charge in [-0.2, -0.15) is 0 Å². The molecule has 288 valence electrons. The molecule has 0 saturated carbocycles. The van der Waals surface area contributed by atoms with Gasteiger partial charge in [0.25, 0.3) is 6.71 Å². The van der Waals surface area contributed by atoms with Gasteiger partial charge in [-0.3, -0.25) is 0 Å². The zero-order chi connectivity index (χ0) is 40.5. The van der Waals surface area contributed by atoms with Crippen LogP contribution in [0.4, 0.5) is 34.1 Å². The topological polar surface area (TPSA) is 6.48 Å². The van der Waals surface area contributed by atoms with Gasteiger partial charge in [0, 0.05) is 43.3 Å². The Labute approximate surface area is 342 Å². The molecule has 0 fully saturated rings. The van der Waals surface area contributed by atoms with E-state index in [-0.39, 0.29) is 33.8 Å². The fourth-order valence-corrected chi connectivity index (χ4v) is 10.4. The van der Waals surface area contributed by atoms with Gasteiger partial charge >= 0.3 is 0 Å². The van der Waals surface area contributed by atoms with Crippen molar-refractivity contribution in [1.29, 1.82) is 0 Å². The second kappa shape index (κ2) is 12.6. The lowest BCUT2D eigenvalue weighted by molar-refractivity contribution is 0.589. The first kappa shape index (κ1) is 38.6. The number of benzene rings is 5. The van der Waals surface area contributed by atoms with Crippen LogP contribution in [0.5, 0.6) is 0 Å². The maximum Gasteiger partial charge on any atom is 0.264 e. The van der Waals surface area contributed by atoms with Gasteiger partial charge in [-0.25, -0.2) is 0 Å². The van der Waals surface area contributed by atoms with Crippen molar-refractivity contribution in [1.82, 2.24) is 0 Å². The number of nitrogens with zero attached hydrogens (tertiary/aromatic N) is 2. The summed E-state index contributed by atoms with van der Waals surface area (Å²) in [5, 5.41) is 1.35. The van der Waals surface area contributed by atoms with Gasteiger partial charge in [0.1, 0.15) is 0 Å². The second-order valence-electron chi connectivity index (χ2n) is 21.6. The highest BCUT2D eigenvalue weighted by molar-refractivity contribution is 7.34. The Bertz CT molecular complexity index is 2480. The van der Waals surface area contributed by atoms with Gasteiger partial charge in [-0.1, -0.05) is 158 Å². The van der Waals surface area contributed by atoms with E-state index in [9.17, 15) is 0 Å². The van der Waals surface area contributed by atoms with Crippen molar-refractivity contribution < 1.29 is 0 Å². The Morgan fingerprint density at radius 3 is 1.43 bits per heavy atom. The highest BCUT2D eigenvalue weighted by atomic mass is 32.1. The molecule has 0 saturated heterocycles. The normalized spacial score (nSPS) is 14.6. The van der Waals surface area contributed by atoms with Crippen LogP contribution in [0.25, 0.3) is 10.1 Å². The Balaban J connectivity index is 1.53. The van der Waals surface area contributed by atoms with E-state index in [0.717, 1.165) is 0 Å². The van der Waals surface area contributed by atoms with Crippen LogP contribution in [-0.4, -0.2) is 6.71 Å². The summed E-state index contributed by atoms with van der Waals surface area (Å²) in [6, 6.07) is 38.3. The van der Waals surface area contributed by atoms with Crippen LogP contribution in [0.2, 0.25) is 0 Å². The molecule has 0 spiro atoms. The SMILES string of the molecule is CC(C)(C)c1ccc(N2c3ccc(C(C)(C)C)cc3B3c4sc5c(C(C)(C)C)cccc5c4N(c4ccc(C(C)(C)C)cc4)c4cc(C(C)(C)C)cc2c43)cc1.